The fourth-order valence-electron chi connectivity index (χ4n) is 2.15. The molecule has 0 radical (unpaired) electrons. The quantitative estimate of drug-likeness (QED) is 0.328. The second-order valence-corrected chi connectivity index (χ2v) is 5.32. The Labute approximate surface area is 142 Å². The van der Waals surface area contributed by atoms with Gasteiger partial charge in [-0.3, -0.25) is 9.80 Å². The molecule has 3 heterocycles. The fraction of sp³-hybridized carbons (Fsp3) is 0.133. The van der Waals surface area contributed by atoms with E-state index in [1.807, 2.05) is 0 Å². The van der Waals surface area contributed by atoms with Crippen molar-refractivity contribution in [3.05, 3.63) is 42.5 Å². The van der Waals surface area contributed by atoms with Crippen LogP contribution in [-0.2, 0) is 4.79 Å². The van der Waals surface area contributed by atoms with E-state index < -0.39 is 11.9 Å². The summed E-state index contributed by atoms with van der Waals surface area (Å²) >= 11 is 0. The molecule has 0 spiro atoms. The maximum absolute atomic E-state index is 11.6. The summed E-state index contributed by atoms with van der Waals surface area (Å²) in [6, 6.07) is 2.95. The molecule has 0 saturated heterocycles. The molecule has 10 heteroatoms. The van der Waals surface area contributed by atoms with Crippen LogP contribution >= 0.6 is 0 Å². The first-order valence-corrected chi connectivity index (χ1v) is 7.35. The van der Waals surface area contributed by atoms with E-state index in [9.17, 15) is 9.59 Å². The van der Waals surface area contributed by atoms with Crippen molar-refractivity contribution in [1.82, 2.24) is 19.4 Å². The third-order valence-electron chi connectivity index (χ3n) is 3.56. The molecule has 128 valence electrons. The average molecular weight is 340 g/mol. The molecule has 0 aliphatic carbocycles. The van der Waals surface area contributed by atoms with E-state index in [-0.39, 0.29) is 17.3 Å². The van der Waals surface area contributed by atoms with E-state index in [0.717, 1.165) is 10.7 Å². The van der Waals surface area contributed by atoms with Crippen molar-refractivity contribution in [3.63, 3.8) is 0 Å². The monoisotopic (exact) mass is 340 g/mol. The molecule has 0 unspecified atom stereocenters. The number of imidazole rings is 1. The summed E-state index contributed by atoms with van der Waals surface area (Å²) in [7, 11) is 0. The van der Waals surface area contributed by atoms with E-state index >= 15 is 0 Å². The second kappa shape index (κ2) is 6.53. The van der Waals surface area contributed by atoms with Crippen LogP contribution < -0.4 is 21.9 Å². The first-order valence-electron chi connectivity index (χ1n) is 7.35. The van der Waals surface area contributed by atoms with Gasteiger partial charge in [-0.1, -0.05) is 0 Å². The normalized spacial score (nSPS) is 11.9. The Bertz CT molecular complexity index is 938. The number of pyridine rings is 1. The number of aromatic nitrogens is 4. The Morgan fingerprint density at radius 1 is 1.40 bits per heavy atom. The Morgan fingerprint density at radius 2 is 2.20 bits per heavy atom. The van der Waals surface area contributed by atoms with Gasteiger partial charge in [0, 0.05) is 24.8 Å². The van der Waals surface area contributed by atoms with Gasteiger partial charge < -0.3 is 20.2 Å². The summed E-state index contributed by atoms with van der Waals surface area (Å²) in [6.07, 6.45) is 7.16. The van der Waals surface area contributed by atoms with Gasteiger partial charge >= 0.3 is 0 Å². The molecule has 3 aromatic heterocycles. The summed E-state index contributed by atoms with van der Waals surface area (Å²) in [5, 5.41) is 4.12. The number of hydrogen-bond acceptors (Lipinski definition) is 8. The van der Waals surface area contributed by atoms with Gasteiger partial charge in [0.25, 0.3) is 5.91 Å². The van der Waals surface area contributed by atoms with Crippen molar-refractivity contribution in [2.75, 3.05) is 10.3 Å². The minimum Gasteiger partial charge on any atom is -0.365 e. The van der Waals surface area contributed by atoms with Crippen molar-refractivity contribution in [3.8, 4) is 0 Å². The molecule has 3 rings (SSSR count). The second-order valence-electron chi connectivity index (χ2n) is 5.32. The molecule has 0 aliphatic heterocycles. The van der Waals surface area contributed by atoms with Crippen molar-refractivity contribution < 1.29 is 9.59 Å². The van der Waals surface area contributed by atoms with E-state index in [4.69, 9.17) is 11.6 Å². The predicted molar refractivity (Wildman–Crippen MR) is 91.2 cm³/mol. The molecule has 5 N–H and O–H groups in total. The Kier molecular flexibility index (Phi) is 4.27. The number of rotatable bonds is 6. The lowest BCUT2D eigenvalue weighted by Crippen LogP contribution is -2.41. The molecule has 25 heavy (non-hydrogen) atoms. The zero-order valence-electron chi connectivity index (χ0n) is 13.3. The van der Waals surface area contributed by atoms with E-state index in [1.54, 1.807) is 42.0 Å². The molecule has 1 amide bonds. The number of nitrogens with one attached hydrogen (secondary N) is 1. The molecule has 0 saturated carbocycles. The largest absolute Gasteiger partial charge is 0.365 e. The van der Waals surface area contributed by atoms with Gasteiger partial charge in [0.2, 0.25) is 5.95 Å². The topological polar surface area (TPSA) is 145 Å². The maximum Gasteiger partial charge on any atom is 0.254 e. The number of primary amides is 1. The molecule has 0 bridgehead atoms. The van der Waals surface area contributed by atoms with Gasteiger partial charge in [0.15, 0.2) is 0 Å². The summed E-state index contributed by atoms with van der Waals surface area (Å²) in [5.74, 6) is 5.39. The van der Waals surface area contributed by atoms with Gasteiger partial charge in [-0.25, -0.2) is 15.8 Å². The lowest BCUT2D eigenvalue weighted by atomic mass is 10.3. The number of anilines is 3. The molecule has 0 aromatic carbocycles. The number of carbonyl (C=O) groups excluding carboxylic acids is 2. The molecular formula is C15H16N8O2. The summed E-state index contributed by atoms with van der Waals surface area (Å²) in [4.78, 5) is 34.9. The van der Waals surface area contributed by atoms with Crippen molar-refractivity contribution >= 4 is 35.3 Å². The number of nitrogens with two attached hydrogens (primary N) is 2. The third kappa shape index (κ3) is 3.23. The van der Waals surface area contributed by atoms with Gasteiger partial charge in [0.05, 0.1) is 5.69 Å². The first kappa shape index (κ1) is 16.3. The number of hydrazine groups is 1. The standard InChI is InChI=1S/C15H16N8O2/c1-9(8-24)23(17)15-19-6-11(13(16)25)14(21-15)20-10-2-3-12-18-4-5-22(12)7-10/h2-9H,17H2,1H3,(H2,16,25)(H,19,20,21)/t9-/m1/s1. The van der Waals surface area contributed by atoms with Crippen molar-refractivity contribution in [2.24, 2.45) is 11.6 Å². The first-order chi connectivity index (χ1) is 12.0. The van der Waals surface area contributed by atoms with Crippen LogP contribution in [0.1, 0.15) is 17.3 Å². The number of amides is 1. The lowest BCUT2D eigenvalue weighted by Gasteiger charge is -2.20. The minimum atomic E-state index is -0.690. The predicted octanol–water partition coefficient (Wildman–Crippen LogP) is 0.234. The van der Waals surface area contributed by atoms with Crippen molar-refractivity contribution in [1.29, 1.82) is 0 Å². The smallest absolute Gasteiger partial charge is 0.254 e. The fourth-order valence-corrected chi connectivity index (χ4v) is 2.15. The highest BCUT2D eigenvalue weighted by atomic mass is 16.1. The number of carbonyl (C=O) groups is 2. The van der Waals surface area contributed by atoms with E-state index in [1.165, 1.54) is 6.20 Å². The number of fused-ring (bicyclic) bond motifs is 1. The Hall–Kier alpha value is -3.53. The van der Waals surface area contributed by atoms with Crippen molar-refractivity contribution in [2.45, 2.75) is 13.0 Å². The van der Waals surface area contributed by atoms with Gasteiger partial charge in [-0.05, 0) is 19.1 Å². The van der Waals surface area contributed by atoms with Gasteiger partial charge in [0.1, 0.15) is 29.4 Å². The maximum atomic E-state index is 11.6. The SMILES string of the molecule is C[C@H](C=O)N(N)c1ncc(C(N)=O)c(Nc2ccc3nccn3c2)n1. The molecule has 0 fully saturated rings. The summed E-state index contributed by atoms with van der Waals surface area (Å²) in [5.41, 5.74) is 6.91. The van der Waals surface area contributed by atoms with Crippen LogP contribution in [-0.4, -0.2) is 37.6 Å². The Balaban J connectivity index is 1.99. The number of aldehydes is 1. The molecule has 10 nitrogen and oxygen atoms in total. The lowest BCUT2D eigenvalue weighted by molar-refractivity contribution is -0.108. The highest BCUT2D eigenvalue weighted by Crippen LogP contribution is 2.21. The third-order valence-corrected chi connectivity index (χ3v) is 3.56. The van der Waals surface area contributed by atoms with Gasteiger partial charge in [-0.2, -0.15) is 4.98 Å². The van der Waals surface area contributed by atoms with Gasteiger partial charge in [-0.15, -0.1) is 0 Å². The molecule has 0 aliphatic rings. The summed E-state index contributed by atoms with van der Waals surface area (Å²) in [6.45, 7) is 1.60. The van der Waals surface area contributed by atoms with Crippen LogP contribution in [0.4, 0.5) is 17.5 Å². The van der Waals surface area contributed by atoms with Crippen LogP contribution in [0.2, 0.25) is 0 Å². The van der Waals surface area contributed by atoms with Crippen LogP contribution in [0.15, 0.2) is 36.9 Å². The molecule has 3 aromatic rings. The number of hydrogen-bond donors (Lipinski definition) is 3. The van der Waals surface area contributed by atoms with Crippen LogP contribution in [0.25, 0.3) is 5.65 Å². The van der Waals surface area contributed by atoms with Crippen LogP contribution in [0, 0.1) is 0 Å². The average Bonchev–Trinajstić information content (AvgIpc) is 3.07. The zero-order valence-corrected chi connectivity index (χ0v) is 13.3. The van der Waals surface area contributed by atoms with E-state index in [2.05, 4.69) is 20.3 Å². The highest BCUT2D eigenvalue weighted by molar-refractivity contribution is 5.98. The zero-order chi connectivity index (χ0) is 18.0. The van der Waals surface area contributed by atoms with E-state index in [0.29, 0.717) is 12.0 Å². The molecular weight excluding hydrogens is 324 g/mol. The Morgan fingerprint density at radius 3 is 2.92 bits per heavy atom. The number of nitrogens with zero attached hydrogens (tertiary/aromatic N) is 5. The van der Waals surface area contributed by atoms with Crippen LogP contribution in [0.5, 0.6) is 0 Å². The molecule has 1 atom stereocenters. The van der Waals surface area contributed by atoms with Crippen LogP contribution in [0.3, 0.4) is 0 Å². The highest BCUT2D eigenvalue weighted by Gasteiger charge is 2.17. The summed E-state index contributed by atoms with van der Waals surface area (Å²) < 4.78 is 1.80. The minimum absolute atomic E-state index is 0.0795.